The minimum Gasteiger partial charge on any atom is -0.492 e. The molecule has 0 saturated heterocycles. The van der Waals surface area contributed by atoms with Crippen molar-refractivity contribution in [1.29, 1.82) is 0 Å². The number of hydrogen-bond donors (Lipinski definition) is 3. The molecule has 0 aliphatic heterocycles. The zero-order valence-electron chi connectivity index (χ0n) is 13.4. The molecule has 1 rings (SSSR count). The van der Waals surface area contributed by atoms with Crippen molar-refractivity contribution in [2.45, 2.75) is 26.7 Å². The lowest BCUT2D eigenvalue weighted by atomic mass is 10.1. The van der Waals surface area contributed by atoms with Crippen molar-refractivity contribution in [3.8, 4) is 5.75 Å². The Bertz CT molecular complexity index is 538. The molecule has 0 bridgehead atoms. The van der Waals surface area contributed by atoms with Gasteiger partial charge in [-0.3, -0.25) is 10.1 Å². The number of ether oxygens (including phenoxy) is 1. The number of carbonyl (C=O) groups excluding carboxylic acids is 1. The standard InChI is InChI=1S/C16H23BrN2O3S/c1-11(2)6-9-22-14-5-4-12(10-13(14)17)15(21)19-16(23)18-7-3-8-20/h4-5,10-11,20H,3,6-9H2,1-2H3,(H2,18,19,21,23). The fraction of sp³-hybridized carbons (Fsp3) is 0.500. The number of benzene rings is 1. The third kappa shape index (κ3) is 7.76. The lowest BCUT2D eigenvalue weighted by Gasteiger charge is -2.12. The van der Waals surface area contributed by atoms with Gasteiger partial charge in [0, 0.05) is 18.7 Å². The van der Waals surface area contributed by atoms with Crippen LogP contribution in [-0.2, 0) is 0 Å². The average molecular weight is 403 g/mol. The van der Waals surface area contributed by atoms with Gasteiger partial charge >= 0.3 is 0 Å². The molecular weight excluding hydrogens is 380 g/mol. The molecule has 0 radical (unpaired) electrons. The summed E-state index contributed by atoms with van der Waals surface area (Å²) in [6.45, 7) is 5.52. The van der Waals surface area contributed by atoms with E-state index in [1.807, 2.05) is 0 Å². The van der Waals surface area contributed by atoms with Crippen LogP contribution in [0.1, 0.15) is 37.0 Å². The average Bonchev–Trinajstić information content (AvgIpc) is 2.48. The van der Waals surface area contributed by atoms with E-state index in [2.05, 4.69) is 40.4 Å². The number of aliphatic hydroxyl groups excluding tert-OH is 1. The van der Waals surface area contributed by atoms with Crippen LogP contribution >= 0.6 is 28.1 Å². The number of carbonyl (C=O) groups is 1. The number of rotatable bonds is 8. The number of aliphatic hydroxyl groups is 1. The molecular formula is C16H23BrN2O3S. The van der Waals surface area contributed by atoms with E-state index in [1.54, 1.807) is 18.2 Å². The van der Waals surface area contributed by atoms with E-state index in [1.165, 1.54) is 0 Å². The summed E-state index contributed by atoms with van der Waals surface area (Å²) in [5.41, 5.74) is 0.486. The highest BCUT2D eigenvalue weighted by Gasteiger charge is 2.11. The van der Waals surface area contributed by atoms with Gasteiger partial charge in [0.15, 0.2) is 5.11 Å². The molecule has 0 fully saturated rings. The van der Waals surface area contributed by atoms with Gasteiger partial charge in [-0.25, -0.2) is 0 Å². The van der Waals surface area contributed by atoms with Crippen molar-refractivity contribution in [3.05, 3.63) is 28.2 Å². The van der Waals surface area contributed by atoms with Crippen LogP contribution < -0.4 is 15.4 Å². The number of thiocarbonyl (C=S) groups is 1. The molecule has 5 nitrogen and oxygen atoms in total. The summed E-state index contributed by atoms with van der Waals surface area (Å²) >= 11 is 8.44. The highest BCUT2D eigenvalue weighted by molar-refractivity contribution is 9.10. The van der Waals surface area contributed by atoms with Gasteiger partial charge in [0.1, 0.15) is 5.75 Å². The number of hydrogen-bond acceptors (Lipinski definition) is 4. The second-order valence-electron chi connectivity index (χ2n) is 5.46. The fourth-order valence-electron chi connectivity index (χ4n) is 1.66. The quantitative estimate of drug-likeness (QED) is 0.460. The minimum absolute atomic E-state index is 0.0782. The van der Waals surface area contributed by atoms with Crippen molar-refractivity contribution in [3.63, 3.8) is 0 Å². The summed E-state index contributed by atoms with van der Waals surface area (Å²) in [6.07, 6.45) is 1.55. The number of amides is 1. The zero-order valence-corrected chi connectivity index (χ0v) is 15.8. The fourth-order valence-corrected chi connectivity index (χ4v) is 2.35. The molecule has 0 spiro atoms. The Morgan fingerprint density at radius 3 is 2.78 bits per heavy atom. The second kappa shape index (κ2) is 10.6. The summed E-state index contributed by atoms with van der Waals surface area (Å²) in [5.74, 6) is 1.00. The Labute approximate surface area is 150 Å². The van der Waals surface area contributed by atoms with Crippen molar-refractivity contribution in [2.75, 3.05) is 19.8 Å². The Hall–Kier alpha value is -1.18. The largest absolute Gasteiger partial charge is 0.492 e. The van der Waals surface area contributed by atoms with Crippen LogP contribution in [0.15, 0.2) is 22.7 Å². The van der Waals surface area contributed by atoms with Gasteiger partial charge in [0.2, 0.25) is 0 Å². The number of halogens is 1. The van der Waals surface area contributed by atoms with Gasteiger partial charge in [-0.15, -0.1) is 0 Å². The van der Waals surface area contributed by atoms with Gasteiger partial charge in [0.05, 0.1) is 11.1 Å². The first-order valence-corrected chi connectivity index (χ1v) is 8.76. The lowest BCUT2D eigenvalue weighted by molar-refractivity contribution is 0.0976. The maximum absolute atomic E-state index is 12.1. The first kappa shape index (κ1) is 19.9. The van der Waals surface area contributed by atoms with E-state index < -0.39 is 0 Å². The molecule has 0 heterocycles. The molecule has 0 atom stereocenters. The Morgan fingerprint density at radius 1 is 1.43 bits per heavy atom. The van der Waals surface area contributed by atoms with Crippen molar-refractivity contribution in [2.24, 2.45) is 5.92 Å². The third-order valence-electron chi connectivity index (χ3n) is 2.99. The minimum atomic E-state index is -0.291. The van der Waals surface area contributed by atoms with Crippen LogP contribution in [0, 0.1) is 5.92 Å². The summed E-state index contributed by atoms with van der Waals surface area (Å²) in [4.78, 5) is 12.1. The second-order valence-corrected chi connectivity index (χ2v) is 6.73. The molecule has 1 aromatic rings. The number of nitrogens with one attached hydrogen (secondary N) is 2. The third-order valence-corrected chi connectivity index (χ3v) is 3.86. The summed E-state index contributed by atoms with van der Waals surface area (Å²) in [7, 11) is 0. The van der Waals surface area contributed by atoms with Crippen LogP contribution in [-0.4, -0.2) is 35.9 Å². The van der Waals surface area contributed by atoms with E-state index in [-0.39, 0.29) is 17.6 Å². The molecule has 0 aromatic heterocycles. The molecule has 0 aliphatic carbocycles. The monoisotopic (exact) mass is 402 g/mol. The van der Waals surface area contributed by atoms with Crippen LogP contribution in [0.4, 0.5) is 0 Å². The van der Waals surface area contributed by atoms with E-state index in [4.69, 9.17) is 22.1 Å². The van der Waals surface area contributed by atoms with Crippen LogP contribution in [0.5, 0.6) is 5.75 Å². The highest BCUT2D eigenvalue weighted by atomic mass is 79.9. The smallest absolute Gasteiger partial charge is 0.257 e. The van der Waals surface area contributed by atoms with Crippen LogP contribution in [0.3, 0.4) is 0 Å². The first-order chi connectivity index (χ1) is 10.9. The topological polar surface area (TPSA) is 70.6 Å². The van der Waals surface area contributed by atoms with Crippen molar-refractivity contribution >= 4 is 39.2 Å². The molecule has 1 amide bonds. The molecule has 7 heteroatoms. The predicted octanol–water partition coefficient (Wildman–Crippen LogP) is 2.86. The summed E-state index contributed by atoms with van der Waals surface area (Å²) in [5, 5.41) is 14.4. The summed E-state index contributed by atoms with van der Waals surface area (Å²) in [6, 6.07) is 5.17. The molecule has 0 unspecified atom stereocenters. The lowest BCUT2D eigenvalue weighted by Crippen LogP contribution is -2.39. The SMILES string of the molecule is CC(C)CCOc1ccc(C(=O)NC(=S)NCCCO)cc1Br. The molecule has 1 aromatic carbocycles. The van der Waals surface area contributed by atoms with E-state index >= 15 is 0 Å². The zero-order chi connectivity index (χ0) is 17.2. The van der Waals surface area contributed by atoms with Gasteiger partial charge in [-0.1, -0.05) is 13.8 Å². The predicted molar refractivity (Wildman–Crippen MR) is 98.9 cm³/mol. The maximum Gasteiger partial charge on any atom is 0.257 e. The molecule has 128 valence electrons. The van der Waals surface area contributed by atoms with E-state index in [9.17, 15) is 4.79 Å². The van der Waals surface area contributed by atoms with Crippen molar-refractivity contribution < 1.29 is 14.6 Å². The van der Waals surface area contributed by atoms with Gasteiger partial charge in [-0.2, -0.15) is 0 Å². The van der Waals surface area contributed by atoms with E-state index in [0.29, 0.717) is 36.8 Å². The molecule has 0 aliphatic rings. The maximum atomic E-state index is 12.1. The van der Waals surface area contributed by atoms with E-state index in [0.717, 1.165) is 10.9 Å². The Kier molecular flexibility index (Phi) is 9.13. The van der Waals surface area contributed by atoms with Crippen LogP contribution in [0.2, 0.25) is 0 Å². The van der Waals surface area contributed by atoms with Crippen LogP contribution in [0.25, 0.3) is 0 Å². The molecule has 23 heavy (non-hydrogen) atoms. The Balaban J connectivity index is 2.55. The molecule has 0 saturated carbocycles. The van der Waals surface area contributed by atoms with Gasteiger partial charge in [0.25, 0.3) is 5.91 Å². The Morgan fingerprint density at radius 2 is 2.17 bits per heavy atom. The van der Waals surface area contributed by atoms with Crippen molar-refractivity contribution in [1.82, 2.24) is 10.6 Å². The van der Waals surface area contributed by atoms with Gasteiger partial charge in [-0.05, 0) is 65.1 Å². The van der Waals surface area contributed by atoms with Gasteiger partial charge < -0.3 is 15.2 Å². The first-order valence-electron chi connectivity index (χ1n) is 7.56. The summed E-state index contributed by atoms with van der Waals surface area (Å²) < 4.78 is 6.42. The highest BCUT2D eigenvalue weighted by Crippen LogP contribution is 2.26. The molecule has 3 N–H and O–H groups in total. The normalized spacial score (nSPS) is 10.5.